The second-order valence-electron chi connectivity index (χ2n) is 4.07. The van der Waals surface area contributed by atoms with E-state index in [9.17, 15) is 5.11 Å². The lowest BCUT2D eigenvalue weighted by Gasteiger charge is -2.34. The average molecular weight is 201 g/mol. The Labute approximate surface area is 87.1 Å². The van der Waals surface area contributed by atoms with Gasteiger partial charge in [-0.15, -0.1) is 0 Å². The Hall–Kier alpha value is -0.120. The first kappa shape index (κ1) is 12.0. The van der Waals surface area contributed by atoms with Crippen LogP contribution >= 0.6 is 0 Å². The molecule has 1 fully saturated rings. The number of piperidine rings is 1. The summed E-state index contributed by atoms with van der Waals surface area (Å²) in [6.45, 7) is 3.47. The molecule has 1 rings (SSSR count). The molecule has 84 valence electrons. The fourth-order valence-corrected chi connectivity index (χ4v) is 2.12. The second-order valence-corrected chi connectivity index (χ2v) is 4.07. The van der Waals surface area contributed by atoms with Crippen molar-refractivity contribution < 1.29 is 9.84 Å². The summed E-state index contributed by atoms with van der Waals surface area (Å²) >= 11 is 0. The van der Waals surface area contributed by atoms with Crippen LogP contribution in [0.4, 0.5) is 0 Å². The third kappa shape index (κ3) is 3.95. The molecule has 1 N–H and O–H groups in total. The number of nitrogens with zero attached hydrogens (tertiary/aromatic N) is 1. The monoisotopic (exact) mass is 201 g/mol. The van der Waals surface area contributed by atoms with Crippen LogP contribution in [0, 0.1) is 0 Å². The number of rotatable bonds is 6. The van der Waals surface area contributed by atoms with Gasteiger partial charge in [-0.1, -0.05) is 6.42 Å². The van der Waals surface area contributed by atoms with Crippen LogP contribution in [0.2, 0.25) is 0 Å². The second kappa shape index (κ2) is 7.21. The topological polar surface area (TPSA) is 32.7 Å². The maximum absolute atomic E-state index is 9.20. The quantitative estimate of drug-likeness (QED) is 0.657. The minimum atomic E-state index is 0.324. The molecule has 1 aliphatic heterocycles. The summed E-state index contributed by atoms with van der Waals surface area (Å²) in [6.07, 6.45) is 6.05. The van der Waals surface area contributed by atoms with Gasteiger partial charge in [0.05, 0.1) is 6.61 Å². The zero-order valence-corrected chi connectivity index (χ0v) is 9.24. The molecule has 0 saturated carbocycles. The van der Waals surface area contributed by atoms with Crippen molar-refractivity contribution in [3.05, 3.63) is 0 Å². The Bertz CT molecular complexity index is 141. The average Bonchev–Trinajstić information content (AvgIpc) is 2.25. The van der Waals surface area contributed by atoms with Gasteiger partial charge in [0.2, 0.25) is 0 Å². The molecule has 0 aromatic rings. The molecule has 0 aromatic heterocycles. The van der Waals surface area contributed by atoms with Crippen LogP contribution in [0.3, 0.4) is 0 Å². The molecule has 1 aliphatic rings. The van der Waals surface area contributed by atoms with Gasteiger partial charge in [-0.05, 0) is 38.8 Å². The van der Waals surface area contributed by atoms with Gasteiger partial charge < -0.3 is 9.84 Å². The highest BCUT2D eigenvalue weighted by Gasteiger charge is 2.20. The van der Waals surface area contributed by atoms with E-state index in [1.165, 1.54) is 25.7 Å². The molecule has 1 saturated heterocycles. The van der Waals surface area contributed by atoms with Crippen LogP contribution < -0.4 is 0 Å². The third-order valence-corrected chi connectivity index (χ3v) is 3.00. The van der Waals surface area contributed by atoms with E-state index in [2.05, 4.69) is 4.90 Å². The van der Waals surface area contributed by atoms with Crippen LogP contribution in [-0.2, 0) is 4.74 Å². The van der Waals surface area contributed by atoms with Crippen LogP contribution in [0.15, 0.2) is 0 Å². The van der Waals surface area contributed by atoms with E-state index in [4.69, 9.17) is 4.74 Å². The molecule has 14 heavy (non-hydrogen) atoms. The van der Waals surface area contributed by atoms with Crippen molar-refractivity contribution >= 4 is 0 Å². The summed E-state index contributed by atoms with van der Waals surface area (Å²) in [7, 11) is 1.75. The number of ether oxygens (including phenoxy) is 1. The Morgan fingerprint density at radius 2 is 2.21 bits per heavy atom. The largest absolute Gasteiger partial charge is 0.395 e. The summed E-state index contributed by atoms with van der Waals surface area (Å²) < 4.78 is 5.02. The first-order valence-electron chi connectivity index (χ1n) is 5.72. The Kier molecular flexibility index (Phi) is 6.15. The van der Waals surface area contributed by atoms with Crippen molar-refractivity contribution in [1.29, 1.82) is 0 Å². The molecule has 1 atom stereocenters. The maximum Gasteiger partial charge on any atom is 0.0586 e. The van der Waals surface area contributed by atoms with Gasteiger partial charge in [-0.2, -0.15) is 0 Å². The minimum Gasteiger partial charge on any atom is -0.395 e. The van der Waals surface area contributed by atoms with E-state index >= 15 is 0 Å². The summed E-state index contributed by atoms with van der Waals surface area (Å²) in [5.74, 6) is 0. The number of methoxy groups -OCH3 is 1. The lowest BCUT2D eigenvalue weighted by molar-refractivity contribution is 0.0859. The summed E-state index contributed by atoms with van der Waals surface area (Å²) in [6, 6.07) is 0.422. The van der Waals surface area contributed by atoms with Gasteiger partial charge >= 0.3 is 0 Å². The fraction of sp³-hybridized carbons (Fsp3) is 1.00. The van der Waals surface area contributed by atoms with Gasteiger partial charge in [-0.25, -0.2) is 0 Å². The van der Waals surface area contributed by atoms with Gasteiger partial charge in [0, 0.05) is 19.8 Å². The van der Waals surface area contributed by atoms with E-state index in [1.54, 1.807) is 7.11 Å². The summed E-state index contributed by atoms with van der Waals surface area (Å²) in [5.41, 5.74) is 0. The van der Waals surface area contributed by atoms with Crippen LogP contribution in [0.5, 0.6) is 0 Å². The molecular weight excluding hydrogens is 178 g/mol. The first-order valence-corrected chi connectivity index (χ1v) is 5.72. The zero-order valence-electron chi connectivity index (χ0n) is 9.24. The van der Waals surface area contributed by atoms with Crippen molar-refractivity contribution in [3.63, 3.8) is 0 Å². The maximum atomic E-state index is 9.20. The molecule has 0 radical (unpaired) electrons. The molecule has 0 bridgehead atoms. The first-order chi connectivity index (χ1) is 6.88. The highest BCUT2D eigenvalue weighted by molar-refractivity contribution is 4.75. The number of aliphatic hydroxyl groups is 1. The predicted molar refractivity (Wildman–Crippen MR) is 57.4 cm³/mol. The van der Waals surface area contributed by atoms with Crippen molar-refractivity contribution in [3.8, 4) is 0 Å². The number of hydrogen-bond acceptors (Lipinski definition) is 3. The molecule has 3 nitrogen and oxygen atoms in total. The van der Waals surface area contributed by atoms with Crippen LogP contribution in [-0.4, -0.2) is 49.5 Å². The summed E-state index contributed by atoms with van der Waals surface area (Å²) in [4.78, 5) is 2.43. The highest BCUT2D eigenvalue weighted by Crippen LogP contribution is 2.16. The highest BCUT2D eigenvalue weighted by atomic mass is 16.5. The predicted octanol–water partition coefficient (Wildman–Crippen LogP) is 1.26. The summed E-state index contributed by atoms with van der Waals surface area (Å²) in [5, 5.41) is 9.20. The van der Waals surface area contributed by atoms with Crippen molar-refractivity contribution in [1.82, 2.24) is 4.90 Å². The Balaban J connectivity index is 2.13. The van der Waals surface area contributed by atoms with Crippen LogP contribution in [0.1, 0.15) is 32.1 Å². The van der Waals surface area contributed by atoms with E-state index < -0.39 is 0 Å². The number of unbranched alkanes of at least 4 members (excludes halogenated alkanes) is 1. The van der Waals surface area contributed by atoms with E-state index in [-0.39, 0.29) is 0 Å². The van der Waals surface area contributed by atoms with Gasteiger partial charge in [0.15, 0.2) is 0 Å². The van der Waals surface area contributed by atoms with Gasteiger partial charge in [-0.3, -0.25) is 4.90 Å². The van der Waals surface area contributed by atoms with E-state index in [0.717, 1.165) is 26.1 Å². The zero-order chi connectivity index (χ0) is 10.2. The number of likely N-dealkylation sites (tertiary alicyclic amines) is 1. The van der Waals surface area contributed by atoms with Crippen molar-refractivity contribution in [2.24, 2.45) is 0 Å². The van der Waals surface area contributed by atoms with Gasteiger partial charge in [0.1, 0.15) is 0 Å². The number of aliphatic hydroxyl groups excluding tert-OH is 1. The standard InChI is InChI=1S/C11H23NO2/c1-14-9-5-4-8-12-7-3-2-6-11(12)10-13/h11,13H,2-10H2,1H3. The SMILES string of the molecule is COCCCCN1CCCCC1CO. The smallest absolute Gasteiger partial charge is 0.0586 e. The lowest BCUT2D eigenvalue weighted by Crippen LogP contribution is -2.42. The fourth-order valence-electron chi connectivity index (χ4n) is 2.12. The minimum absolute atomic E-state index is 0.324. The van der Waals surface area contributed by atoms with Crippen molar-refractivity contribution in [2.45, 2.75) is 38.1 Å². The van der Waals surface area contributed by atoms with E-state index in [1.807, 2.05) is 0 Å². The third-order valence-electron chi connectivity index (χ3n) is 3.00. The lowest BCUT2D eigenvalue weighted by atomic mass is 10.0. The molecule has 1 heterocycles. The molecular formula is C11H23NO2. The Morgan fingerprint density at radius 1 is 1.36 bits per heavy atom. The van der Waals surface area contributed by atoms with Crippen LogP contribution in [0.25, 0.3) is 0 Å². The molecule has 1 unspecified atom stereocenters. The number of hydrogen-bond donors (Lipinski definition) is 1. The molecule has 3 heteroatoms. The molecule has 0 spiro atoms. The molecule has 0 amide bonds. The molecule has 0 aromatic carbocycles. The van der Waals surface area contributed by atoms with Crippen molar-refractivity contribution in [2.75, 3.05) is 33.4 Å². The Morgan fingerprint density at radius 3 is 2.93 bits per heavy atom. The van der Waals surface area contributed by atoms with E-state index in [0.29, 0.717) is 12.6 Å². The van der Waals surface area contributed by atoms with Gasteiger partial charge in [0.25, 0.3) is 0 Å². The molecule has 0 aliphatic carbocycles. The normalized spacial score (nSPS) is 24.0.